The van der Waals surface area contributed by atoms with Gasteiger partial charge in [0.2, 0.25) is 0 Å². The third-order valence-corrected chi connectivity index (χ3v) is 18.5. The van der Waals surface area contributed by atoms with E-state index < -0.39 is 0 Å². The van der Waals surface area contributed by atoms with E-state index in [1.54, 1.807) is 33.4 Å². The molecule has 0 spiro atoms. The van der Waals surface area contributed by atoms with E-state index in [4.69, 9.17) is 0 Å². The zero-order chi connectivity index (χ0) is 46.1. The molecule has 7 rings (SSSR count). The average molecular weight is 1540 g/mol. The molecular formula is C60H60I6. The molecule has 0 aromatic heterocycles. The number of benzene rings is 7. The molecule has 0 unspecified atom stereocenters. The van der Waals surface area contributed by atoms with Gasteiger partial charge in [-0.15, -0.1) is 0 Å². The van der Waals surface area contributed by atoms with E-state index in [2.05, 4.69) is 281 Å². The van der Waals surface area contributed by atoms with Gasteiger partial charge in [-0.05, 0) is 177 Å². The zero-order valence-corrected chi connectivity index (χ0v) is 50.8. The Morgan fingerprint density at radius 1 is 0.152 bits per heavy atom. The maximum atomic E-state index is 2.49. The summed E-state index contributed by atoms with van der Waals surface area (Å²) in [5.74, 6) is 0. The second-order valence-electron chi connectivity index (χ2n) is 17.6. The Hall–Kier alpha value is -1.08. The standard InChI is InChI=1S/C60H60I6/c61-37-49-13-1-43(2-14-49)25-31-55-56(32-26-44-3-15-50(38-62)16-4-44)58(34-28-46-7-19-52(40-64)20-8-46)60(36-30-48-11-23-54(42-66)24-12-48)59(35-29-47-9-21-53(41-65)22-10-47)57(55)33-27-45-5-17-51(39-63)18-6-45/h1-24H,25-42H2. The van der Waals surface area contributed by atoms with Crippen LogP contribution in [-0.4, -0.2) is 0 Å². The first-order valence-corrected chi connectivity index (χ1v) is 32.5. The minimum Gasteiger partial charge on any atom is -0.0812 e. The Labute approximate surface area is 478 Å². The summed E-state index contributed by atoms with van der Waals surface area (Å²) in [6.07, 6.45) is 12.6. The van der Waals surface area contributed by atoms with Crippen molar-refractivity contribution in [3.8, 4) is 0 Å². The van der Waals surface area contributed by atoms with Crippen molar-refractivity contribution in [1.82, 2.24) is 0 Å². The summed E-state index contributed by atoms with van der Waals surface area (Å²) in [5, 5.41) is 0. The quantitative estimate of drug-likeness (QED) is 0.0418. The van der Waals surface area contributed by atoms with Crippen LogP contribution in [0.25, 0.3) is 0 Å². The molecule has 7 aromatic rings. The van der Waals surface area contributed by atoms with Crippen LogP contribution in [0.2, 0.25) is 0 Å². The molecule has 0 aliphatic heterocycles. The SMILES string of the molecule is ICc1ccc(CCc2c(CCc3ccc(CI)cc3)c(CCc3ccc(CI)cc3)c(CCc3ccc(CI)cc3)c(CCc3ccc(CI)cc3)c2CCc2ccc(CI)cc2)cc1. The minimum absolute atomic E-state index is 1.04. The van der Waals surface area contributed by atoms with Crippen molar-refractivity contribution in [3.05, 3.63) is 246 Å². The molecule has 0 nitrogen and oxygen atoms in total. The molecule has 342 valence electrons. The zero-order valence-electron chi connectivity index (χ0n) is 37.9. The van der Waals surface area contributed by atoms with E-state index in [0.717, 1.165) is 104 Å². The Bertz CT molecular complexity index is 2050. The van der Waals surface area contributed by atoms with Gasteiger partial charge < -0.3 is 0 Å². The molecule has 7 aromatic carbocycles. The van der Waals surface area contributed by atoms with E-state index in [1.807, 2.05) is 0 Å². The Balaban J connectivity index is 1.43. The van der Waals surface area contributed by atoms with Gasteiger partial charge in [-0.25, -0.2) is 0 Å². The van der Waals surface area contributed by atoms with Crippen LogP contribution in [0.15, 0.2) is 146 Å². The summed E-state index contributed by atoms with van der Waals surface area (Å²) in [5.41, 5.74) is 26.9. The third-order valence-electron chi connectivity index (χ3n) is 13.2. The van der Waals surface area contributed by atoms with Crippen molar-refractivity contribution in [2.75, 3.05) is 0 Å². The molecule has 0 saturated heterocycles. The molecule has 0 bridgehead atoms. The summed E-state index contributed by atoms with van der Waals surface area (Å²) in [6, 6.07) is 57.0. The number of halogens is 6. The highest BCUT2D eigenvalue weighted by atomic mass is 127. The number of rotatable bonds is 24. The van der Waals surface area contributed by atoms with Crippen molar-refractivity contribution in [1.29, 1.82) is 0 Å². The van der Waals surface area contributed by atoms with Gasteiger partial charge in [0.05, 0.1) is 0 Å². The Kier molecular flexibility index (Phi) is 22.4. The molecule has 0 aliphatic carbocycles. The molecule has 66 heavy (non-hydrogen) atoms. The van der Waals surface area contributed by atoms with Crippen molar-refractivity contribution in [3.63, 3.8) is 0 Å². The van der Waals surface area contributed by atoms with Crippen LogP contribution >= 0.6 is 136 Å². The topological polar surface area (TPSA) is 0 Å². The fraction of sp³-hybridized carbons (Fsp3) is 0.300. The smallest absolute Gasteiger partial charge is 0.0247 e. The van der Waals surface area contributed by atoms with Crippen molar-refractivity contribution in [2.45, 2.75) is 104 Å². The lowest BCUT2D eigenvalue weighted by molar-refractivity contribution is 0.777. The first-order valence-electron chi connectivity index (χ1n) is 23.4. The average Bonchev–Trinajstić information content (AvgIpc) is 3.38. The molecule has 0 N–H and O–H groups in total. The molecule has 0 radical (unpaired) electrons. The molecule has 0 heterocycles. The van der Waals surface area contributed by atoms with Crippen molar-refractivity contribution < 1.29 is 0 Å². The van der Waals surface area contributed by atoms with E-state index in [0.29, 0.717) is 0 Å². The van der Waals surface area contributed by atoms with Crippen LogP contribution in [0.3, 0.4) is 0 Å². The highest BCUT2D eigenvalue weighted by Crippen LogP contribution is 2.36. The largest absolute Gasteiger partial charge is 0.0812 e. The minimum atomic E-state index is 1.04. The molecule has 0 amide bonds. The van der Waals surface area contributed by atoms with Gasteiger partial charge in [0, 0.05) is 26.6 Å². The van der Waals surface area contributed by atoms with Gasteiger partial charge in [0.25, 0.3) is 0 Å². The van der Waals surface area contributed by atoms with Gasteiger partial charge >= 0.3 is 0 Å². The summed E-state index contributed by atoms with van der Waals surface area (Å²) < 4.78 is 6.26. The van der Waals surface area contributed by atoms with Gasteiger partial charge in [0.1, 0.15) is 0 Å². The monoisotopic (exact) mass is 1540 g/mol. The number of hydrogen-bond acceptors (Lipinski definition) is 0. The second-order valence-corrected chi connectivity index (χ2v) is 22.1. The van der Waals surface area contributed by atoms with Crippen molar-refractivity contribution >= 4 is 136 Å². The lowest BCUT2D eigenvalue weighted by Gasteiger charge is -2.28. The van der Waals surface area contributed by atoms with Crippen LogP contribution in [0, 0.1) is 0 Å². The maximum Gasteiger partial charge on any atom is 0.0247 e. The highest BCUT2D eigenvalue weighted by Gasteiger charge is 2.24. The molecule has 0 aliphatic rings. The number of alkyl halides is 6. The molecular weight excluding hydrogens is 1480 g/mol. The fourth-order valence-electron chi connectivity index (χ4n) is 9.29. The Morgan fingerprint density at radius 2 is 0.258 bits per heavy atom. The summed E-state index contributed by atoms with van der Waals surface area (Å²) in [7, 11) is 0. The Morgan fingerprint density at radius 3 is 0.364 bits per heavy atom. The first kappa shape index (κ1) is 52.7. The van der Waals surface area contributed by atoms with Crippen LogP contribution in [0.4, 0.5) is 0 Å². The summed E-state index contributed by atoms with van der Waals surface area (Å²) >= 11 is 15.0. The maximum absolute atomic E-state index is 2.49. The van der Waals surface area contributed by atoms with Gasteiger partial charge in [-0.3, -0.25) is 0 Å². The third kappa shape index (κ3) is 15.5. The molecule has 0 atom stereocenters. The van der Waals surface area contributed by atoms with E-state index in [-0.39, 0.29) is 0 Å². The lowest BCUT2D eigenvalue weighted by atomic mass is 9.76. The van der Waals surface area contributed by atoms with E-state index in [1.165, 1.54) is 66.8 Å². The highest BCUT2D eigenvalue weighted by molar-refractivity contribution is 14.1. The van der Waals surface area contributed by atoms with Gasteiger partial charge in [0.15, 0.2) is 0 Å². The first-order chi connectivity index (χ1) is 32.4. The van der Waals surface area contributed by atoms with Crippen LogP contribution in [0.1, 0.15) is 100 Å². The van der Waals surface area contributed by atoms with Gasteiger partial charge in [-0.2, -0.15) is 0 Å². The summed E-state index contributed by atoms with van der Waals surface area (Å²) in [4.78, 5) is 0. The van der Waals surface area contributed by atoms with Crippen LogP contribution < -0.4 is 0 Å². The second kappa shape index (κ2) is 28.1. The number of hydrogen-bond donors (Lipinski definition) is 0. The lowest BCUT2D eigenvalue weighted by Crippen LogP contribution is -2.18. The van der Waals surface area contributed by atoms with Gasteiger partial charge in [-0.1, -0.05) is 281 Å². The fourth-order valence-corrected chi connectivity index (χ4v) is 12.3. The van der Waals surface area contributed by atoms with Crippen molar-refractivity contribution in [2.24, 2.45) is 0 Å². The van der Waals surface area contributed by atoms with Crippen LogP contribution in [0.5, 0.6) is 0 Å². The predicted octanol–water partition coefficient (Wildman–Crippen LogP) is 18.0. The normalized spacial score (nSPS) is 11.4. The summed E-state index contributed by atoms with van der Waals surface area (Å²) in [6.45, 7) is 0. The van der Waals surface area contributed by atoms with Crippen LogP contribution in [-0.2, 0) is 104 Å². The molecule has 6 heteroatoms. The van der Waals surface area contributed by atoms with E-state index >= 15 is 0 Å². The number of aryl methyl sites for hydroxylation is 6. The molecule has 0 saturated carbocycles. The molecule has 0 fully saturated rings. The van der Waals surface area contributed by atoms with E-state index in [9.17, 15) is 0 Å². The predicted molar refractivity (Wildman–Crippen MR) is 336 cm³/mol.